The molecule has 6 atom stereocenters. The Labute approximate surface area is 320 Å². The second-order valence-corrected chi connectivity index (χ2v) is 15.4. The van der Waals surface area contributed by atoms with E-state index in [-0.39, 0.29) is 35.6 Å². The van der Waals surface area contributed by atoms with Crippen LogP contribution in [0.5, 0.6) is 0 Å². The van der Waals surface area contributed by atoms with E-state index in [1.165, 1.54) is 13.4 Å². The van der Waals surface area contributed by atoms with Crippen LogP contribution in [0.1, 0.15) is 75.1 Å². The minimum absolute atomic E-state index is 0.0791. The first-order valence-corrected chi connectivity index (χ1v) is 19.2. The molecule has 2 bridgehead atoms. The van der Waals surface area contributed by atoms with E-state index in [0.717, 1.165) is 83.0 Å². The maximum Gasteiger partial charge on any atom is 0.407 e. The quantitative estimate of drug-likeness (QED) is 0.120. The summed E-state index contributed by atoms with van der Waals surface area (Å²) in [5.41, 5.74) is 6.92. The van der Waals surface area contributed by atoms with Gasteiger partial charge in [0.15, 0.2) is 0 Å². The number of carbonyl (C=O) groups excluding carboxylic acids is 3. The number of aromatic amines is 2. The lowest BCUT2D eigenvalue weighted by molar-refractivity contribution is -0.135. The van der Waals surface area contributed by atoms with Gasteiger partial charge in [0.25, 0.3) is 0 Å². The number of aromatic nitrogens is 6. The molecule has 2 aliphatic carbocycles. The van der Waals surface area contributed by atoms with Crippen LogP contribution in [0, 0.1) is 23.7 Å². The van der Waals surface area contributed by atoms with Gasteiger partial charge < -0.3 is 30.2 Å². The maximum atomic E-state index is 13.5. The molecule has 3 amide bonds. The van der Waals surface area contributed by atoms with Crippen LogP contribution in [0.4, 0.5) is 4.79 Å². The Morgan fingerprint density at radius 2 is 1.42 bits per heavy atom. The summed E-state index contributed by atoms with van der Waals surface area (Å²) in [6.07, 6.45) is 13.0. The molecule has 2 unspecified atom stereocenters. The number of nitrogens with zero attached hydrogens (tertiary/aromatic N) is 5. The Morgan fingerprint density at radius 1 is 0.818 bits per heavy atom. The summed E-state index contributed by atoms with van der Waals surface area (Å²) in [5, 5.41) is 5.84. The molecule has 3 aliphatic rings. The van der Waals surface area contributed by atoms with Gasteiger partial charge >= 0.3 is 6.09 Å². The van der Waals surface area contributed by atoms with E-state index in [9.17, 15) is 14.4 Å². The average molecular weight is 742 g/mol. The number of hydrogen-bond donors (Lipinski definition) is 4. The van der Waals surface area contributed by atoms with Gasteiger partial charge in [0.05, 0.1) is 42.9 Å². The van der Waals surface area contributed by atoms with Gasteiger partial charge in [0.1, 0.15) is 24.0 Å². The van der Waals surface area contributed by atoms with Gasteiger partial charge in [-0.05, 0) is 72.1 Å². The van der Waals surface area contributed by atoms with Crippen molar-refractivity contribution in [3.63, 3.8) is 0 Å². The van der Waals surface area contributed by atoms with Gasteiger partial charge in [-0.25, -0.2) is 24.7 Å². The van der Waals surface area contributed by atoms with Crippen LogP contribution >= 0.6 is 0 Å². The van der Waals surface area contributed by atoms with Crippen molar-refractivity contribution < 1.29 is 19.1 Å². The molecular formula is C42H47N9O4. The SMILES string of the molecule is COC(=O)N[C@H](C(=O)N1CCC[C@H]1c1ncc(-c2ccc(-c3ccc(-c4cnc([C@@H]5C6CCC(C6)[C@H]5C(=O)NCc5cncnc5)[nH]4)cc3)cc2)[nH]1)C(C)C. The van der Waals surface area contributed by atoms with Crippen molar-refractivity contribution >= 4 is 17.9 Å². The largest absolute Gasteiger partial charge is 0.453 e. The minimum atomic E-state index is -0.678. The summed E-state index contributed by atoms with van der Waals surface area (Å²) in [4.78, 5) is 65.5. The topological polar surface area (TPSA) is 171 Å². The molecule has 13 heteroatoms. The zero-order chi connectivity index (χ0) is 38.1. The van der Waals surface area contributed by atoms with Crippen molar-refractivity contribution in [1.29, 1.82) is 0 Å². The van der Waals surface area contributed by atoms with E-state index in [1.54, 1.807) is 12.4 Å². The molecule has 13 nitrogen and oxygen atoms in total. The lowest BCUT2D eigenvalue weighted by Crippen LogP contribution is -2.51. The van der Waals surface area contributed by atoms with E-state index in [4.69, 9.17) is 9.72 Å². The number of H-pyrrole nitrogens is 2. The van der Waals surface area contributed by atoms with Crippen molar-refractivity contribution in [3.8, 4) is 33.6 Å². The number of amides is 3. The standard InChI is InChI=1S/C42H47N9O4/c1-24(2)37(50-42(54)55-3)41(53)51-16-4-5-34(51)38-45-21-32(48-38)28-10-6-26(7-11-28)27-8-12-29(13-9-27)33-22-46-39(49-33)35-30-14-15-31(17-30)36(35)40(52)47-20-25-18-43-23-44-19-25/h6-13,18-19,21-24,30-31,34-37H,4-5,14-17,20H2,1-3H3,(H,45,48)(H,46,49)(H,47,52)(H,50,54)/t30?,31?,34-,35+,36+,37-/m0/s1. The summed E-state index contributed by atoms with van der Waals surface area (Å²) in [7, 11) is 1.30. The van der Waals surface area contributed by atoms with E-state index >= 15 is 0 Å². The molecule has 4 heterocycles. The molecule has 0 spiro atoms. The Hall–Kier alpha value is -5.85. The number of rotatable bonds is 11. The first-order valence-electron chi connectivity index (χ1n) is 19.2. The van der Waals surface area contributed by atoms with Gasteiger partial charge in [-0.1, -0.05) is 62.4 Å². The molecule has 2 saturated carbocycles. The van der Waals surface area contributed by atoms with Crippen LogP contribution in [0.3, 0.4) is 0 Å². The lowest BCUT2D eigenvalue weighted by Gasteiger charge is -2.30. The van der Waals surface area contributed by atoms with Crippen molar-refractivity contribution in [1.82, 2.24) is 45.4 Å². The molecule has 3 fully saturated rings. The summed E-state index contributed by atoms with van der Waals surface area (Å²) >= 11 is 0. The fraction of sp³-hybridized carbons (Fsp3) is 0.405. The predicted molar refractivity (Wildman–Crippen MR) is 206 cm³/mol. The van der Waals surface area contributed by atoms with Gasteiger partial charge in [-0.3, -0.25) is 9.59 Å². The summed E-state index contributed by atoms with van der Waals surface area (Å²) < 4.78 is 4.76. The number of carbonyl (C=O) groups is 3. The number of methoxy groups -OCH3 is 1. The highest BCUT2D eigenvalue weighted by Gasteiger charge is 2.52. The monoisotopic (exact) mass is 741 g/mol. The van der Waals surface area contributed by atoms with Crippen molar-refractivity contribution in [2.24, 2.45) is 23.7 Å². The van der Waals surface area contributed by atoms with E-state index in [1.807, 2.05) is 31.1 Å². The van der Waals surface area contributed by atoms with Gasteiger partial charge in [0.2, 0.25) is 11.8 Å². The Kier molecular flexibility index (Phi) is 10.2. The van der Waals surface area contributed by atoms with Gasteiger partial charge in [-0.15, -0.1) is 0 Å². The third-order valence-corrected chi connectivity index (χ3v) is 11.8. The first kappa shape index (κ1) is 36.1. The molecule has 3 aromatic heterocycles. The average Bonchev–Trinajstić information content (AvgIpc) is 4.07. The van der Waals surface area contributed by atoms with Gasteiger partial charge in [0, 0.05) is 37.0 Å². The maximum absolute atomic E-state index is 13.5. The summed E-state index contributed by atoms with van der Waals surface area (Å²) in [5.74, 6) is 2.31. The fourth-order valence-corrected chi connectivity index (χ4v) is 8.97. The van der Waals surface area contributed by atoms with Crippen molar-refractivity contribution in [2.45, 2.75) is 70.5 Å². The molecular weight excluding hydrogens is 695 g/mol. The predicted octanol–water partition coefficient (Wildman–Crippen LogP) is 6.41. The first-order chi connectivity index (χ1) is 26.8. The number of nitrogens with one attached hydrogen (secondary N) is 4. The number of hydrogen-bond acceptors (Lipinski definition) is 8. The van der Waals surface area contributed by atoms with Crippen LogP contribution < -0.4 is 10.6 Å². The summed E-state index contributed by atoms with van der Waals surface area (Å²) in [6.45, 7) is 4.84. The highest BCUT2D eigenvalue weighted by atomic mass is 16.5. The Morgan fingerprint density at radius 3 is 2.05 bits per heavy atom. The van der Waals surface area contributed by atoms with Gasteiger partial charge in [-0.2, -0.15) is 0 Å². The molecule has 2 aromatic carbocycles. The molecule has 5 aromatic rings. The third-order valence-electron chi connectivity index (χ3n) is 11.8. The third kappa shape index (κ3) is 7.35. The Bertz CT molecular complexity index is 2130. The molecule has 55 heavy (non-hydrogen) atoms. The van der Waals surface area contributed by atoms with Crippen LogP contribution in [0.2, 0.25) is 0 Å². The minimum Gasteiger partial charge on any atom is -0.453 e. The van der Waals surface area contributed by atoms with Crippen molar-refractivity contribution in [2.75, 3.05) is 13.7 Å². The highest BCUT2D eigenvalue weighted by Crippen LogP contribution is 2.56. The lowest BCUT2D eigenvalue weighted by atomic mass is 9.78. The number of alkyl carbamates (subject to hydrolysis) is 1. The van der Waals surface area contributed by atoms with Crippen LogP contribution in [-0.2, 0) is 20.9 Å². The molecule has 4 N–H and O–H groups in total. The number of fused-ring (bicyclic) bond motifs is 2. The second kappa shape index (κ2) is 15.5. The number of benzene rings is 2. The molecule has 1 aliphatic heterocycles. The Balaban J connectivity index is 0.918. The van der Waals surface area contributed by atoms with Crippen LogP contribution in [0.25, 0.3) is 33.6 Å². The van der Waals surface area contributed by atoms with E-state index < -0.39 is 12.1 Å². The van der Waals surface area contributed by atoms with Crippen LogP contribution in [0.15, 0.2) is 79.6 Å². The normalized spacial score (nSPS) is 22.2. The molecule has 0 radical (unpaired) electrons. The molecule has 1 saturated heterocycles. The zero-order valence-corrected chi connectivity index (χ0v) is 31.4. The van der Waals surface area contributed by atoms with Crippen molar-refractivity contribution in [3.05, 3.63) is 96.9 Å². The summed E-state index contributed by atoms with van der Waals surface area (Å²) in [6, 6.07) is 15.9. The fourth-order valence-electron chi connectivity index (χ4n) is 8.97. The number of ether oxygens (including phenoxy) is 1. The smallest absolute Gasteiger partial charge is 0.407 e. The zero-order valence-electron chi connectivity index (χ0n) is 31.4. The molecule has 284 valence electrons. The highest BCUT2D eigenvalue weighted by molar-refractivity contribution is 5.86. The number of likely N-dealkylation sites (tertiary alicyclic amines) is 1. The van der Waals surface area contributed by atoms with E-state index in [0.29, 0.717) is 24.9 Å². The van der Waals surface area contributed by atoms with E-state index in [2.05, 4.69) is 84.1 Å². The second-order valence-electron chi connectivity index (χ2n) is 15.4. The molecule has 8 rings (SSSR count). The van der Waals surface area contributed by atoms with Crippen LogP contribution in [-0.4, -0.2) is 72.4 Å². The number of imidazole rings is 2.